The number of nitrogens with two attached hydrogens (primary N) is 1. The number of para-hydroxylation sites is 1. The molecule has 0 saturated heterocycles. The maximum Gasteiger partial charge on any atom is 0.302 e. The van der Waals surface area contributed by atoms with Gasteiger partial charge in [-0.25, -0.2) is 0 Å². The maximum atomic E-state index is 9.82. The third-order valence-corrected chi connectivity index (χ3v) is 1.79. The van der Waals surface area contributed by atoms with Gasteiger partial charge >= 0.3 is 5.97 Å². The number of fused-ring (bicyclic) bond motifs is 1. The normalized spacial score (nSPS) is 9.38. The van der Waals surface area contributed by atoms with Crippen LogP contribution in [0.2, 0.25) is 0 Å². The average molecular weight is 221 g/mol. The number of hydrogen-bond donors (Lipinski definition) is 1. The van der Waals surface area contributed by atoms with E-state index in [0.717, 1.165) is 11.0 Å². The Balaban J connectivity index is 0.000000187. The van der Waals surface area contributed by atoms with Crippen molar-refractivity contribution in [1.29, 1.82) is 0 Å². The van der Waals surface area contributed by atoms with Crippen molar-refractivity contribution in [2.45, 2.75) is 13.8 Å². The van der Waals surface area contributed by atoms with Gasteiger partial charge in [0.15, 0.2) is 5.88 Å². The summed E-state index contributed by atoms with van der Waals surface area (Å²) < 4.78 is 9.55. The summed E-state index contributed by atoms with van der Waals surface area (Å²) in [5.74, 6) is 0.263. The Kier molecular flexibility index (Phi) is 4.39. The fourth-order valence-corrected chi connectivity index (χ4v) is 1.21. The van der Waals surface area contributed by atoms with Gasteiger partial charge in [-0.3, -0.25) is 4.79 Å². The fraction of sp³-hybridized carbons (Fsp3) is 0.250. The molecule has 0 spiro atoms. The predicted molar refractivity (Wildman–Crippen MR) is 62.9 cm³/mol. The average Bonchev–Trinajstić information content (AvgIpc) is 2.58. The second-order valence-corrected chi connectivity index (χ2v) is 3.11. The van der Waals surface area contributed by atoms with Gasteiger partial charge in [-0.15, -0.1) is 0 Å². The van der Waals surface area contributed by atoms with Gasteiger partial charge in [0.2, 0.25) is 0 Å². The van der Waals surface area contributed by atoms with Crippen LogP contribution in [0.5, 0.6) is 0 Å². The molecular weight excluding hydrogens is 206 g/mol. The van der Waals surface area contributed by atoms with Crippen LogP contribution in [0, 0.1) is 0 Å². The molecular formula is C12H15NO3. The Labute approximate surface area is 94.0 Å². The van der Waals surface area contributed by atoms with E-state index in [4.69, 9.17) is 10.2 Å². The molecule has 0 amide bonds. The van der Waals surface area contributed by atoms with E-state index in [1.807, 2.05) is 30.3 Å². The van der Waals surface area contributed by atoms with Gasteiger partial charge in [0.1, 0.15) is 5.58 Å². The second kappa shape index (κ2) is 5.80. The second-order valence-electron chi connectivity index (χ2n) is 3.11. The molecule has 1 aromatic carbocycles. The van der Waals surface area contributed by atoms with Crippen molar-refractivity contribution in [2.75, 3.05) is 12.3 Å². The first-order valence-electron chi connectivity index (χ1n) is 5.01. The number of benzene rings is 1. The summed E-state index contributed by atoms with van der Waals surface area (Å²) in [4.78, 5) is 9.82. The summed E-state index contributed by atoms with van der Waals surface area (Å²) in [6.45, 7) is 3.65. The number of anilines is 1. The molecule has 0 atom stereocenters. The molecule has 2 N–H and O–H groups in total. The van der Waals surface area contributed by atoms with Crippen LogP contribution in [0.4, 0.5) is 5.88 Å². The largest absolute Gasteiger partial charge is 0.466 e. The summed E-state index contributed by atoms with van der Waals surface area (Å²) in [5, 5.41) is 1.06. The Morgan fingerprint density at radius 3 is 2.62 bits per heavy atom. The number of esters is 1. The Hall–Kier alpha value is -1.97. The van der Waals surface area contributed by atoms with Crippen molar-refractivity contribution in [3.8, 4) is 0 Å². The number of rotatable bonds is 1. The molecule has 0 fully saturated rings. The summed E-state index contributed by atoms with van der Waals surface area (Å²) in [6.07, 6.45) is 0. The molecule has 0 saturated carbocycles. The Morgan fingerprint density at radius 2 is 2.12 bits per heavy atom. The lowest BCUT2D eigenvalue weighted by molar-refractivity contribution is -0.140. The van der Waals surface area contributed by atoms with Gasteiger partial charge in [0, 0.05) is 18.4 Å². The van der Waals surface area contributed by atoms with Crippen LogP contribution in [0.3, 0.4) is 0 Å². The first kappa shape index (κ1) is 12.1. The van der Waals surface area contributed by atoms with Crippen molar-refractivity contribution in [3.63, 3.8) is 0 Å². The zero-order chi connectivity index (χ0) is 12.0. The zero-order valence-corrected chi connectivity index (χ0v) is 9.40. The first-order valence-corrected chi connectivity index (χ1v) is 5.01. The minimum Gasteiger partial charge on any atom is -0.466 e. The fourth-order valence-electron chi connectivity index (χ4n) is 1.21. The maximum absolute atomic E-state index is 9.82. The standard InChI is InChI=1S/C8H7NO.C4H8O2/c9-8-5-6-3-1-2-4-7(6)10-8;1-3-6-4(2)5/h1-5H,9H2;3H2,1-2H3. The highest BCUT2D eigenvalue weighted by molar-refractivity contribution is 5.80. The molecule has 0 bridgehead atoms. The molecule has 0 radical (unpaired) electrons. The van der Waals surface area contributed by atoms with Crippen molar-refractivity contribution in [3.05, 3.63) is 30.3 Å². The smallest absolute Gasteiger partial charge is 0.302 e. The highest BCUT2D eigenvalue weighted by Crippen LogP contribution is 2.19. The third kappa shape index (κ3) is 3.65. The van der Waals surface area contributed by atoms with E-state index in [0.29, 0.717) is 12.5 Å². The zero-order valence-electron chi connectivity index (χ0n) is 9.40. The third-order valence-electron chi connectivity index (χ3n) is 1.79. The lowest BCUT2D eigenvalue weighted by Gasteiger charge is -1.89. The molecule has 0 aliphatic carbocycles. The van der Waals surface area contributed by atoms with Gasteiger partial charge in [-0.2, -0.15) is 0 Å². The van der Waals surface area contributed by atoms with Crippen LogP contribution in [0.15, 0.2) is 34.7 Å². The topological polar surface area (TPSA) is 65.5 Å². The highest BCUT2D eigenvalue weighted by Gasteiger charge is 1.96. The molecule has 0 aliphatic heterocycles. The number of ether oxygens (including phenoxy) is 1. The minimum atomic E-state index is -0.211. The van der Waals surface area contributed by atoms with Gasteiger partial charge in [-0.05, 0) is 13.0 Å². The first-order chi connectivity index (χ1) is 7.63. The lowest BCUT2D eigenvalue weighted by Crippen LogP contribution is -1.95. The Bertz CT molecular complexity index is 429. The van der Waals surface area contributed by atoms with Crippen LogP contribution in [0.25, 0.3) is 11.0 Å². The molecule has 0 aliphatic rings. The lowest BCUT2D eigenvalue weighted by atomic mass is 10.3. The number of hydrogen-bond acceptors (Lipinski definition) is 4. The van der Waals surface area contributed by atoms with E-state index in [1.165, 1.54) is 6.92 Å². The molecule has 4 heteroatoms. The van der Waals surface area contributed by atoms with Crippen molar-refractivity contribution >= 4 is 22.8 Å². The molecule has 1 aromatic heterocycles. The molecule has 0 unspecified atom stereocenters. The van der Waals surface area contributed by atoms with Crippen LogP contribution < -0.4 is 5.73 Å². The van der Waals surface area contributed by atoms with E-state index in [1.54, 1.807) is 6.92 Å². The summed E-state index contributed by atoms with van der Waals surface area (Å²) >= 11 is 0. The number of carbonyl (C=O) groups is 1. The van der Waals surface area contributed by atoms with E-state index in [9.17, 15) is 4.79 Å². The Morgan fingerprint density at radius 1 is 1.44 bits per heavy atom. The van der Waals surface area contributed by atoms with Crippen LogP contribution in [-0.2, 0) is 9.53 Å². The van der Waals surface area contributed by atoms with Gasteiger partial charge < -0.3 is 14.9 Å². The van der Waals surface area contributed by atoms with Crippen LogP contribution in [0.1, 0.15) is 13.8 Å². The van der Waals surface area contributed by atoms with Crippen molar-refractivity contribution < 1.29 is 13.9 Å². The van der Waals surface area contributed by atoms with E-state index in [-0.39, 0.29) is 5.97 Å². The monoisotopic (exact) mass is 221 g/mol. The van der Waals surface area contributed by atoms with Gasteiger partial charge in [0.25, 0.3) is 0 Å². The van der Waals surface area contributed by atoms with E-state index < -0.39 is 0 Å². The molecule has 2 aromatic rings. The molecule has 86 valence electrons. The highest BCUT2D eigenvalue weighted by atomic mass is 16.5. The SMILES string of the molecule is CCOC(C)=O.Nc1cc2ccccc2o1. The van der Waals surface area contributed by atoms with Crippen LogP contribution in [-0.4, -0.2) is 12.6 Å². The molecule has 4 nitrogen and oxygen atoms in total. The molecule has 1 heterocycles. The van der Waals surface area contributed by atoms with Gasteiger partial charge in [-0.1, -0.05) is 18.2 Å². The molecule has 16 heavy (non-hydrogen) atoms. The molecule has 2 rings (SSSR count). The number of nitrogen functional groups attached to an aromatic ring is 1. The van der Waals surface area contributed by atoms with Crippen molar-refractivity contribution in [2.24, 2.45) is 0 Å². The minimum absolute atomic E-state index is 0.211. The van der Waals surface area contributed by atoms with E-state index in [2.05, 4.69) is 4.74 Å². The van der Waals surface area contributed by atoms with Crippen LogP contribution >= 0.6 is 0 Å². The summed E-state index contributed by atoms with van der Waals surface area (Å²) in [5.41, 5.74) is 6.27. The van der Waals surface area contributed by atoms with Crippen molar-refractivity contribution in [1.82, 2.24) is 0 Å². The summed E-state index contributed by atoms with van der Waals surface area (Å²) in [6, 6.07) is 9.55. The quantitative estimate of drug-likeness (QED) is 0.751. The van der Waals surface area contributed by atoms with E-state index >= 15 is 0 Å². The van der Waals surface area contributed by atoms with Gasteiger partial charge in [0.05, 0.1) is 6.61 Å². The number of carbonyl (C=O) groups excluding carboxylic acids is 1. The summed E-state index contributed by atoms with van der Waals surface area (Å²) in [7, 11) is 0. The number of furan rings is 1. The predicted octanol–water partition coefficient (Wildman–Crippen LogP) is 2.58.